The predicted molar refractivity (Wildman–Crippen MR) is 92.5 cm³/mol. The minimum Gasteiger partial charge on any atom is -0.494 e. The molecule has 0 atom stereocenters. The lowest BCUT2D eigenvalue weighted by Gasteiger charge is -2.18. The number of para-hydroxylation sites is 1. The summed E-state index contributed by atoms with van der Waals surface area (Å²) in [7, 11) is 1.38. The van der Waals surface area contributed by atoms with Crippen LogP contribution in [-0.4, -0.2) is 32.1 Å². The number of nitrogens with one attached hydrogen (secondary N) is 2. The van der Waals surface area contributed by atoms with Gasteiger partial charge in [-0.3, -0.25) is 4.79 Å². The van der Waals surface area contributed by atoms with Gasteiger partial charge in [-0.1, -0.05) is 18.2 Å². The Morgan fingerprint density at radius 3 is 2.84 bits per heavy atom. The van der Waals surface area contributed by atoms with Crippen LogP contribution in [0.15, 0.2) is 42.5 Å². The molecule has 0 saturated carbocycles. The van der Waals surface area contributed by atoms with E-state index in [0.717, 1.165) is 17.7 Å². The van der Waals surface area contributed by atoms with Gasteiger partial charge in [-0.25, -0.2) is 9.18 Å². The third-order valence-electron chi connectivity index (χ3n) is 4.00. The van der Waals surface area contributed by atoms with Gasteiger partial charge in [0.15, 0.2) is 0 Å². The van der Waals surface area contributed by atoms with Crippen LogP contribution < -0.4 is 20.3 Å². The SMILES string of the molecule is COc1cc(F)ccc1NC(=O)NCC(=O)N1CCc2ccccc21. The average molecular weight is 343 g/mol. The second kappa shape index (κ2) is 7.21. The maximum absolute atomic E-state index is 13.2. The van der Waals surface area contributed by atoms with Gasteiger partial charge in [0, 0.05) is 18.3 Å². The molecule has 0 spiro atoms. The lowest BCUT2D eigenvalue weighted by atomic mass is 10.2. The van der Waals surface area contributed by atoms with Crippen LogP contribution >= 0.6 is 0 Å². The van der Waals surface area contributed by atoms with E-state index < -0.39 is 11.8 Å². The van der Waals surface area contributed by atoms with E-state index in [1.54, 1.807) is 4.90 Å². The van der Waals surface area contributed by atoms with Crippen LogP contribution in [0.1, 0.15) is 5.56 Å². The molecule has 1 aliphatic heterocycles. The summed E-state index contributed by atoms with van der Waals surface area (Å²) >= 11 is 0. The zero-order valence-corrected chi connectivity index (χ0v) is 13.7. The molecule has 0 radical (unpaired) electrons. The zero-order valence-electron chi connectivity index (χ0n) is 13.7. The normalized spacial score (nSPS) is 12.5. The number of halogens is 1. The average Bonchev–Trinajstić information content (AvgIpc) is 3.05. The first-order chi connectivity index (χ1) is 12.1. The number of rotatable bonds is 4. The summed E-state index contributed by atoms with van der Waals surface area (Å²) in [5.41, 5.74) is 2.33. The van der Waals surface area contributed by atoms with Crippen molar-refractivity contribution >= 4 is 23.3 Å². The van der Waals surface area contributed by atoms with Gasteiger partial charge in [-0.2, -0.15) is 0 Å². The molecule has 3 rings (SSSR count). The second-order valence-corrected chi connectivity index (χ2v) is 5.58. The Kier molecular flexibility index (Phi) is 4.83. The lowest BCUT2D eigenvalue weighted by Crippen LogP contribution is -2.41. The summed E-state index contributed by atoms with van der Waals surface area (Å²) in [5.74, 6) is -0.452. The van der Waals surface area contributed by atoms with Crippen LogP contribution in [0.5, 0.6) is 5.75 Å². The molecule has 7 heteroatoms. The van der Waals surface area contributed by atoms with Crippen molar-refractivity contribution in [2.75, 3.05) is 30.4 Å². The highest BCUT2D eigenvalue weighted by atomic mass is 19.1. The zero-order chi connectivity index (χ0) is 17.8. The largest absolute Gasteiger partial charge is 0.494 e. The number of hydrogen-bond acceptors (Lipinski definition) is 3. The highest BCUT2D eigenvalue weighted by Gasteiger charge is 2.24. The van der Waals surface area contributed by atoms with E-state index in [9.17, 15) is 14.0 Å². The first-order valence-corrected chi connectivity index (χ1v) is 7.85. The number of benzene rings is 2. The fourth-order valence-electron chi connectivity index (χ4n) is 2.78. The summed E-state index contributed by atoms with van der Waals surface area (Å²) < 4.78 is 18.2. The number of urea groups is 1. The number of methoxy groups -OCH3 is 1. The summed E-state index contributed by atoms with van der Waals surface area (Å²) in [5, 5.41) is 5.06. The Morgan fingerprint density at radius 2 is 2.04 bits per heavy atom. The van der Waals surface area contributed by atoms with Crippen molar-refractivity contribution in [3.05, 3.63) is 53.8 Å². The standard InChI is InChI=1S/C18H18FN3O3/c1-25-16-10-13(19)6-7-14(16)21-18(24)20-11-17(23)22-9-8-12-4-2-3-5-15(12)22/h2-7,10H,8-9,11H2,1H3,(H2,20,21,24). The Bertz CT molecular complexity index is 810. The van der Waals surface area contributed by atoms with Crippen LogP contribution in [0.3, 0.4) is 0 Å². The summed E-state index contributed by atoms with van der Waals surface area (Å²) in [6, 6.07) is 10.9. The number of nitrogens with zero attached hydrogens (tertiary/aromatic N) is 1. The van der Waals surface area contributed by atoms with Gasteiger partial charge >= 0.3 is 6.03 Å². The van der Waals surface area contributed by atoms with E-state index in [0.29, 0.717) is 12.2 Å². The number of fused-ring (bicyclic) bond motifs is 1. The number of ether oxygens (including phenoxy) is 1. The molecule has 0 aromatic heterocycles. The molecule has 0 saturated heterocycles. The van der Waals surface area contributed by atoms with Crippen molar-refractivity contribution in [2.24, 2.45) is 0 Å². The molecule has 1 aliphatic rings. The topological polar surface area (TPSA) is 70.7 Å². The minimum absolute atomic E-state index is 0.135. The highest BCUT2D eigenvalue weighted by molar-refractivity contribution is 6.00. The quantitative estimate of drug-likeness (QED) is 0.896. The molecule has 0 fully saturated rings. The van der Waals surface area contributed by atoms with Crippen molar-refractivity contribution in [2.45, 2.75) is 6.42 Å². The number of carbonyl (C=O) groups excluding carboxylic acids is 2. The molecule has 25 heavy (non-hydrogen) atoms. The third-order valence-corrected chi connectivity index (χ3v) is 4.00. The number of anilines is 2. The summed E-state index contributed by atoms with van der Waals surface area (Å²) in [6.45, 7) is 0.469. The van der Waals surface area contributed by atoms with Crippen molar-refractivity contribution < 1.29 is 18.7 Å². The van der Waals surface area contributed by atoms with Gasteiger partial charge < -0.3 is 20.3 Å². The van der Waals surface area contributed by atoms with Crippen molar-refractivity contribution in [1.82, 2.24) is 5.32 Å². The van der Waals surface area contributed by atoms with Gasteiger partial charge in [0.1, 0.15) is 11.6 Å². The number of hydrogen-bond donors (Lipinski definition) is 2. The second-order valence-electron chi connectivity index (χ2n) is 5.58. The Morgan fingerprint density at radius 1 is 1.24 bits per heavy atom. The number of amides is 3. The van der Waals surface area contributed by atoms with E-state index in [4.69, 9.17) is 4.74 Å². The minimum atomic E-state index is -0.564. The Hall–Kier alpha value is -3.09. The van der Waals surface area contributed by atoms with Gasteiger partial charge in [-0.05, 0) is 30.2 Å². The first kappa shape index (κ1) is 16.8. The predicted octanol–water partition coefficient (Wildman–Crippen LogP) is 2.55. The Labute approximate surface area is 144 Å². The fraction of sp³-hybridized carbons (Fsp3) is 0.222. The van der Waals surface area contributed by atoms with Gasteiger partial charge in [-0.15, -0.1) is 0 Å². The molecular formula is C18H18FN3O3. The lowest BCUT2D eigenvalue weighted by molar-refractivity contribution is -0.117. The van der Waals surface area contributed by atoms with Crippen LogP contribution in [0.2, 0.25) is 0 Å². The van der Waals surface area contributed by atoms with E-state index in [-0.39, 0.29) is 18.2 Å². The van der Waals surface area contributed by atoms with E-state index in [1.165, 1.54) is 25.3 Å². The number of carbonyl (C=O) groups is 2. The van der Waals surface area contributed by atoms with Crippen molar-refractivity contribution in [1.29, 1.82) is 0 Å². The highest BCUT2D eigenvalue weighted by Crippen LogP contribution is 2.27. The Balaban J connectivity index is 1.57. The van der Waals surface area contributed by atoms with Gasteiger partial charge in [0.05, 0.1) is 19.3 Å². The molecule has 2 aromatic rings. The molecular weight excluding hydrogens is 325 g/mol. The molecule has 0 bridgehead atoms. The van der Waals surface area contributed by atoms with E-state index in [1.807, 2.05) is 24.3 Å². The molecule has 2 aromatic carbocycles. The van der Waals surface area contributed by atoms with Crippen LogP contribution in [0.25, 0.3) is 0 Å². The molecule has 0 unspecified atom stereocenters. The van der Waals surface area contributed by atoms with Crippen molar-refractivity contribution in [3.63, 3.8) is 0 Å². The smallest absolute Gasteiger partial charge is 0.319 e. The molecule has 0 aliphatic carbocycles. The summed E-state index contributed by atoms with van der Waals surface area (Å²) in [4.78, 5) is 26.0. The van der Waals surface area contributed by atoms with Gasteiger partial charge in [0.2, 0.25) is 5.91 Å². The van der Waals surface area contributed by atoms with Crippen LogP contribution in [-0.2, 0) is 11.2 Å². The first-order valence-electron chi connectivity index (χ1n) is 7.85. The molecule has 3 amide bonds. The molecule has 2 N–H and O–H groups in total. The van der Waals surface area contributed by atoms with E-state index in [2.05, 4.69) is 10.6 Å². The maximum Gasteiger partial charge on any atom is 0.319 e. The van der Waals surface area contributed by atoms with E-state index >= 15 is 0 Å². The third kappa shape index (κ3) is 3.71. The van der Waals surface area contributed by atoms with Crippen molar-refractivity contribution in [3.8, 4) is 5.75 Å². The van der Waals surface area contributed by atoms with Crippen LogP contribution in [0, 0.1) is 5.82 Å². The van der Waals surface area contributed by atoms with Gasteiger partial charge in [0.25, 0.3) is 0 Å². The monoisotopic (exact) mass is 343 g/mol. The summed E-state index contributed by atoms with van der Waals surface area (Å²) in [6.07, 6.45) is 0.806. The molecule has 130 valence electrons. The molecule has 1 heterocycles. The fourth-order valence-corrected chi connectivity index (χ4v) is 2.78. The molecule has 6 nitrogen and oxygen atoms in total. The maximum atomic E-state index is 13.2. The van der Waals surface area contributed by atoms with Crippen LogP contribution in [0.4, 0.5) is 20.6 Å².